The maximum Gasteiger partial charge on any atom is 0.328 e. The molecule has 3 heteroatoms. The van der Waals surface area contributed by atoms with Crippen LogP contribution in [0.3, 0.4) is 0 Å². The number of hydrogen-bond acceptors (Lipinski definition) is 2. The van der Waals surface area contributed by atoms with Crippen LogP contribution in [-0.4, -0.2) is 17.7 Å². The molecule has 0 heterocycles. The van der Waals surface area contributed by atoms with Crippen molar-refractivity contribution in [2.24, 2.45) is 5.92 Å². The van der Waals surface area contributed by atoms with Gasteiger partial charge in [-0.1, -0.05) is 31.0 Å². The first-order valence-electron chi connectivity index (χ1n) is 6.82. The van der Waals surface area contributed by atoms with Gasteiger partial charge < -0.3 is 9.84 Å². The highest BCUT2D eigenvalue weighted by molar-refractivity contribution is 5.85. The van der Waals surface area contributed by atoms with E-state index in [1.807, 2.05) is 24.3 Å². The first kappa shape index (κ1) is 13.8. The molecule has 1 fully saturated rings. The largest absolute Gasteiger partial charge is 0.478 e. The molecular formula is C16H20O3. The van der Waals surface area contributed by atoms with E-state index in [0.717, 1.165) is 29.7 Å². The molecule has 0 spiro atoms. The third-order valence-corrected chi connectivity index (χ3v) is 3.47. The summed E-state index contributed by atoms with van der Waals surface area (Å²) in [6, 6.07) is 7.79. The van der Waals surface area contributed by atoms with E-state index in [1.54, 1.807) is 6.08 Å². The lowest BCUT2D eigenvalue weighted by molar-refractivity contribution is -0.131. The van der Waals surface area contributed by atoms with Gasteiger partial charge >= 0.3 is 5.97 Å². The van der Waals surface area contributed by atoms with Crippen LogP contribution in [0.1, 0.15) is 36.8 Å². The Labute approximate surface area is 113 Å². The lowest BCUT2D eigenvalue weighted by Crippen LogP contribution is -2.05. The molecule has 1 saturated carbocycles. The lowest BCUT2D eigenvalue weighted by Gasteiger charge is -2.10. The number of ether oxygens (including phenoxy) is 1. The molecule has 102 valence electrons. The maximum absolute atomic E-state index is 10.5. The Hall–Kier alpha value is -1.61. The molecule has 0 atom stereocenters. The highest BCUT2D eigenvalue weighted by Crippen LogP contribution is 2.25. The minimum Gasteiger partial charge on any atom is -0.478 e. The first-order valence-corrected chi connectivity index (χ1v) is 6.82. The van der Waals surface area contributed by atoms with Crippen molar-refractivity contribution in [1.29, 1.82) is 0 Å². The summed E-state index contributed by atoms with van der Waals surface area (Å²) in [6.07, 6.45) is 8.01. The van der Waals surface area contributed by atoms with Crippen LogP contribution in [0.5, 0.6) is 0 Å². The zero-order valence-electron chi connectivity index (χ0n) is 11.0. The highest BCUT2D eigenvalue weighted by atomic mass is 16.5. The Balaban J connectivity index is 1.82. The van der Waals surface area contributed by atoms with Gasteiger partial charge in [0.25, 0.3) is 0 Å². The fraction of sp³-hybridized carbons (Fsp3) is 0.438. The fourth-order valence-electron chi connectivity index (χ4n) is 2.47. The number of carboxylic acids is 1. The molecule has 0 radical (unpaired) electrons. The number of carboxylic acid groups (broad SMARTS) is 1. The molecule has 0 aliphatic heterocycles. The molecule has 1 aromatic carbocycles. The molecular weight excluding hydrogens is 240 g/mol. The fourth-order valence-corrected chi connectivity index (χ4v) is 2.47. The van der Waals surface area contributed by atoms with Gasteiger partial charge in [0, 0.05) is 12.7 Å². The molecule has 19 heavy (non-hydrogen) atoms. The van der Waals surface area contributed by atoms with Gasteiger partial charge in [-0.05, 0) is 42.0 Å². The SMILES string of the molecule is O=C(O)C=Cc1cccc(COCC2CCCC2)c1. The normalized spacial score (nSPS) is 16.2. The Morgan fingerprint density at radius 1 is 1.37 bits per heavy atom. The molecule has 0 bridgehead atoms. The second kappa shape index (κ2) is 7.10. The molecule has 1 aromatic rings. The lowest BCUT2D eigenvalue weighted by atomic mass is 10.1. The molecule has 3 nitrogen and oxygen atoms in total. The third-order valence-electron chi connectivity index (χ3n) is 3.47. The van der Waals surface area contributed by atoms with Gasteiger partial charge in [-0.3, -0.25) is 0 Å². The predicted octanol–water partition coefficient (Wildman–Crippen LogP) is 3.49. The predicted molar refractivity (Wildman–Crippen MR) is 74.7 cm³/mol. The number of hydrogen-bond donors (Lipinski definition) is 1. The van der Waals surface area contributed by atoms with Crippen molar-refractivity contribution >= 4 is 12.0 Å². The van der Waals surface area contributed by atoms with Gasteiger partial charge in [0.2, 0.25) is 0 Å². The van der Waals surface area contributed by atoms with Crippen LogP contribution in [0.4, 0.5) is 0 Å². The van der Waals surface area contributed by atoms with Crippen molar-refractivity contribution in [2.75, 3.05) is 6.61 Å². The van der Waals surface area contributed by atoms with Crippen LogP contribution in [0.15, 0.2) is 30.3 Å². The van der Waals surface area contributed by atoms with Crippen molar-refractivity contribution in [2.45, 2.75) is 32.3 Å². The van der Waals surface area contributed by atoms with Crippen molar-refractivity contribution in [3.05, 3.63) is 41.5 Å². The Kier molecular flexibility index (Phi) is 5.16. The Morgan fingerprint density at radius 3 is 2.89 bits per heavy atom. The second-order valence-corrected chi connectivity index (χ2v) is 5.08. The molecule has 0 amide bonds. The van der Waals surface area contributed by atoms with E-state index < -0.39 is 5.97 Å². The summed E-state index contributed by atoms with van der Waals surface area (Å²) >= 11 is 0. The van der Waals surface area contributed by atoms with Gasteiger partial charge in [-0.15, -0.1) is 0 Å². The number of aliphatic carboxylic acids is 1. The molecule has 0 saturated heterocycles. The molecule has 0 aromatic heterocycles. The van der Waals surface area contributed by atoms with Crippen molar-refractivity contribution in [1.82, 2.24) is 0 Å². The van der Waals surface area contributed by atoms with Crippen LogP contribution in [0, 0.1) is 5.92 Å². The topological polar surface area (TPSA) is 46.5 Å². The minimum atomic E-state index is -0.928. The number of carbonyl (C=O) groups is 1. The van der Waals surface area contributed by atoms with Gasteiger partial charge in [0.1, 0.15) is 0 Å². The van der Waals surface area contributed by atoms with Gasteiger partial charge in [0.15, 0.2) is 0 Å². The van der Waals surface area contributed by atoms with Gasteiger partial charge in [-0.2, -0.15) is 0 Å². The van der Waals surface area contributed by atoms with E-state index in [4.69, 9.17) is 9.84 Å². The maximum atomic E-state index is 10.5. The monoisotopic (exact) mass is 260 g/mol. The summed E-state index contributed by atoms with van der Waals surface area (Å²) in [7, 11) is 0. The van der Waals surface area contributed by atoms with Crippen LogP contribution < -0.4 is 0 Å². The van der Waals surface area contributed by atoms with Crippen LogP contribution >= 0.6 is 0 Å². The molecule has 1 aliphatic rings. The first-order chi connectivity index (χ1) is 9.24. The van der Waals surface area contributed by atoms with E-state index in [1.165, 1.54) is 25.7 Å². The number of rotatable bonds is 6. The van der Waals surface area contributed by atoms with E-state index >= 15 is 0 Å². The molecule has 1 N–H and O–H groups in total. The number of benzene rings is 1. The van der Waals surface area contributed by atoms with E-state index in [9.17, 15) is 4.79 Å². The summed E-state index contributed by atoms with van der Waals surface area (Å²) in [5.41, 5.74) is 1.98. The van der Waals surface area contributed by atoms with Gasteiger partial charge in [-0.25, -0.2) is 4.79 Å². The zero-order chi connectivity index (χ0) is 13.5. The van der Waals surface area contributed by atoms with Gasteiger partial charge in [0.05, 0.1) is 6.61 Å². The summed E-state index contributed by atoms with van der Waals surface area (Å²) in [4.78, 5) is 10.5. The van der Waals surface area contributed by atoms with Crippen LogP contribution in [-0.2, 0) is 16.1 Å². The van der Waals surface area contributed by atoms with E-state index in [0.29, 0.717) is 6.61 Å². The molecule has 1 aliphatic carbocycles. The third kappa shape index (κ3) is 4.87. The summed E-state index contributed by atoms with van der Waals surface area (Å²) in [5.74, 6) is -0.196. The van der Waals surface area contributed by atoms with Crippen LogP contribution in [0.25, 0.3) is 6.08 Å². The smallest absolute Gasteiger partial charge is 0.328 e. The zero-order valence-corrected chi connectivity index (χ0v) is 11.0. The van der Waals surface area contributed by atoms with Crippen molar-refractivity contribution in [3.8, 4) is 0 Å². The summed E-state index contributed by atoms with van der Waals surface area (Å²) in [6.45, 7) is 1.44. The molecule has 2 rings (SSSR count). The van der Waals surface area contributed by atoms with Crippen molar-refractivity contribution in [3.63, 3.8) is 0 Å². The average Bonchev–Trinajstić information content (AvgIpc) is 2.90. The van der Waals surface area contributed by atoms with Crippen molar-refractivity contribution < 1.29 is 14.6 Å². The standard InChI is InChI=1S/C16H20O3/c17-16(18)9-8-13-6-3-7-15(10-13)12-19-11-14-4-1-2-5-14/h3,6-10,14H,1-2,4-5,11-12H2,(H,17,18). The Bertz CT molecular complexity index is 445. The second-order valence-electron chi connectivity index (χ2n) is 5.08. The minimum absolute atomic E-state index is 0.602. The average molecular weight is 260 g/mol. The highest BCUT2D eigenvalue weighted by Gasteiger charge is 2.14. The summed E-state index contributed by atoms with van der Waals surface area (Å²) < 4.78 is 5.74. The van der Waals surface area contributed by atoms with E-state index in [2.05, 4.69) is 0 Å². The summed E-state index contributed by atoms with van der Waals surface area (Å²) in [5, 5.41) is 8.60. The Morgan fingerprint density at radius 2 is 2.16 bits per heavy atom. The van der Waals surface area contributed by atoms with Crippen LogP contribution in [0.2, 0.25) is 0 Å². The van der Waals surface area contributed by atoms with E-state index in [-0.39, 0.29) is 0 Å². The molecule has 0 unspecified atom stereocenters. The quantitative estimate of drug-likeness (QED) is 0.796.